The number of benzene rings is 2. The zero-order chi connectivity index (χ0) is 18.9. The maximum absolute atomic E-state index is 12.3. The predicted molar refractivity (Wildman–Crippen MR) is 107 cm³/mol. The molecule has 2 aromatic carbocycles. The summed E-state index contributed by atoms with van der Waals surface area (Å²) in [7, 11) is 0. The largest absolute Gasteiger partial charge is 0.393 e. The molecule has 2 N–H and O–H groups in total. The summed E-state index contributed by atoms with van der Waals surface area (Å²) in [6, 6.07) is 20.8. The first-order chi connectivity index (χ1) is 13.2. The second-order valence-corrected chi connectivity index (χ2v) is 7.13. The molecule has 2 aromatic rings. The van der Waals surface area contributed by atoms with Crippen molar-refractivity contribution in [2.45, 2.75) is 32.0 Å². The van der Waals surface area contributed by atoms with Gasteiger partial charge >= 0.3 is 6.03 Å². The topological polar surface area (TPSA) is 55.8 Å². The first-order valence-corrected chi connectivity index (χ1v) is 9.72. The summed E-state index contributed by atoms with van der Waals surface area (Å²) in [5, 5.41) is 12.6. The van der Waals surface area contributed by atoms with Gasteiger partial charge in [0.25, 0.3) is 0 Å². The molecule has 0 radical (unpaired) electrons. The lowest BCUT2D eigenvalue weighted by Gasteiger charge is -2.30. The average Bonchev–Trinajstić information content (AvgIpc) is 2.70. The van der Waals surface area contributed by atoms with Gasteiger partial charge in [0, 0.05) is 39.3 Å². The molecule has 27 heavy (non-hydrogen) atoms. The van der Waals surface area contributed by atoms with Gasteiger partial charge in [0.15, 0.2) is 0 Å². The highest BCUT2D eigenvalue weighted by Crippen LogP contribution is 2.11. The van der Waals surface area contributed by atoms with Crippen LogP contribution in [0.1, 0.15) is 24.0 Å². The zero-order valence-electron chi connectivity index (χ0n) is 15.8. The molecule has 3 rings (SSSR count). The Balaban J connectivity index is 1.52. The van der Waals surface area contributed by atoms with E-state index in [9.17, 15) is 9.90 Å². The van der Waals surface area contributed by atoms with Gasteiger partial charge < -0.3 is 15.3 Å². The summed E-state index contributed by atoms with van der Waals surface area (Å²) in [6.07, 6.45) is 1.07. The van der Waals surface area contributed by atoms with E-state index < -0.39 is 0 Å². The number of urea groups is 1. The number of likely N-dealkylation sites (tertiary alicyclic amines) is 1. The van der Waals surface area contributed by atoms with Crippen LogP contribution in [-0.4, -0.2) is 53.2 Å². The number of nitrogens with zero attached hydrogens (tertiary/aromatic N) is 2. The highest BCUT2D eigenvalue weighted by molar-refractivity contribution is 5.74. The summed E-state index contributed by atoms with van der Waals surface area (Å²) in [4.78, 5) is 16.5. The van der Waals surface area contributed by atoms with E-state index in [1.807, 2.05) is 12.1 Å². The van der Waals surface area contributed by atoms with E-state index in [0.717, 1.165) is 19.6 Å². The Morgan fingerprint density at radius 2 is 1.48 bits per heavy atom. The van der Waals surface area contributed by atoms with E-state index in [1.54, 1.807) is 4.90 Å². The first kappa shape index (κ1) is 19.4. The van der Waals surface area contributed by atoms with Gasteiger partial charge in [-0.25, -0.2) is 4.79 Å². The van der Waals surface area contributed by atoms with E-state index in [1.165, 1.54) is 11.1 Å². The number of hydrogen-bond donors (Lipinski definition) is 2. The fraction of sp³-hybridized carbons (Fsp3) is 0.409. The third-order valence-electron chi connectivity index (χ3n) is 4.95. The third-order valence-corrected chi connectivity index (χ3v) is 4.95. The molecule has 1 aliphatic heterocycles. The zero-order valence-corrected chi connectivity index (χ0v) is 15.8. The molecule has 0 bridgehead atoms. The Bertz CT molecular complexity index is 644. The fourth-order valence-electron chi connectivity index (χ4n) is 3.40. The van der Waals surface area contributed by atoms with E-state index in [-0.39, 0.29) is 12.1 Å². The Kier molecular flexibility index (Phi) is 7.25. The average molecular weight is 367 g/mol. The Labute approximate surface area is 161 Å². The van der Waals surface area contributed by atoms with Crippen molar-refractivity contribution in [1.82, 2.24) is 15.1 Å². The van der Waals surface area contributed by atoms with Crippen LogP contribution in [0.5, 0.6) is 0 Å². The van der Waals surface area contributed by atoms with Crippen molar-refractivity contribution in [3.05, 3.63) is 71.8 Å². The SMILES string of the molecule is O=C(NCCN(Cc1ccccc1)Cc1ccccc1)N1CCC(O)CC1. The second-order valence-electron chi connectivity index (χ2n) is 7.13. The lowest BCUT2D eigenvalue weighted by atomic mass is 10.1. The van der Waals surface area contributed by atoms with Crippen LogP contribution in [-0.2, 0) is 13.1 Å². The molecule has 1 fully saturated rings. The highest BCUT2D eigenvalue weighted by atomic mass is 16.3. The molecule has 5 nitrogen and oxygen atoms in total. The van der Waals surface area contributed by atoms with Crippen molar-refractivity contribution in [2.24, 2.45) is 0 Å². The van der Waals surface area contributed by atoms with Gasteiger partial charge in [0.2, 0.25) is 0 Å². The van der Waals surface area contributed by atoms with Crippen molar-refractivity contribution >= 4 is 6.03 Å². The molecular formula is C22H29N3O2. The minimum atomic E-state index is -0.263. The third kappa shape index (κ3) is 6.38. The van der Waals surface area contributed by atoms with Crippen molar-refractivity contribution in [2.75, 3.05) is 26.2 Å². The number of nitrogens with one attached hydrogen (secondary N) is 1. The van der Waals surface area contributed by atoms with E-state index in [2.05, 4.69) is 58.7 Å². The molecule has 1 saturated heterocycles. The van der Waals surface area contributed by atoms with Crippen LogP contribution in [0.2, 0.25) is 0 Å². The number of aliphatic hydroxyl groups excluding tert-OH is 1. The Hall–Kier alpha value is -2.37. The van der Waals surface area contributed by atoms with Crippen molar-refractivity contribution in [3.8, 4) is 0 Å². The molecule has 0 saturated carbocycles. The number of rotatable bonds is 7. The molecule has 0 aromatic heterocycles. The lowest BCUT2D eigenvalue weighted by Crippen LogP contribution is -2.47. The number of carbonyl (C=O) groups is 1. The summed E-state index contributed by atoms with van der Waals surface area (Å²) in [6.45, 7) is 4.35. The molecule has 0 atom stereocenters. The molecule has 1 aliphatic rings. The predicted octanol–water partition coefficient (Wildman–Crippen LogP) is 2.86. The van der Waals surface area contributed by atoms with Gasteiger partial charge in [-0.3, -0.25) is 4.90 Å². The van der Waals surface area contributed by atoms with Crippen molar-refractivity contribution in [3.63, 3.8) is 0 Å². The monoisotopic (exact) mass is 367 g/mol. The quantitative estimate of drug-likeness (QED) is 0.791. The van der Waals surface area contributed by atoms with Crippen LogP contribution in [0.15, 0.2) is 60.7 Å². The smallest absolute Gasteiger partial charge is 0.317 e. The lowest BCUT2D eigenvalue weighted by molar-refractivity contribution is 0.0934. The van der Waals surface area contributed by atoms with Gasteiger partial charge in [-0.2, -0.15) is 0 Å². The molecular weight excluding hydrogens is 338 g/mol. The number of piperidine rings is 1. The molecule has 0 unspecified atom stereocenters. The van der Waals surface area contributed by atoms with Crippen LogP contribution < -0.4 is 5.32 Å². The maximum Gasteiger partial charge on any atom is 0.317 e. The Morgan fingerprint density at radius 1 is 0.963 bits per heavy atom. The van der Waals surface area contributed by atoms with Gasteiger partial charge in [0.05, 0.1) is 6.10 Å². The number of hydrogen-bond acceptors (Lipinski definition) is 3. The van der Waals surface area contributed by atoms with Crippen LogP contribution >= 0.6 is 0 Å². The summed E-state index contributed by atoms with van der Waals surface area (Å²) < 4.78 is 0. The van der Waals surface area contributed by atoms with E-state index in [0.29, 0.717) is 32.5 Å². The number of aliphatic hydroxyl groups is 1. The van der Waals surface area contributed by atoms with Crippen LogP contribution in [0.3, 0.4) is 0 Å². The molecule has 144 valence electrons. The molecule has 5 heteroatoms. The van der Waals surface area contributed by atoms with Gasteiger partial charge in [-0.1, -0.05) is 60.7 Å². The number of amides is 2. The first-order valence-electron chi connectivity index (χ1n) is 9.72. The number of carbonyl (C=O) groups excluding carboxylic acids is 1. The molecule has 0 spiro atoms. The van der Waals surface area contributed by atoms with E-state index in [4.69, 9.17) is 0 Å². The normalized spacial score (nSPS) is 15.1. The summed E-state index contributed by atoms with van der Waals surface area (Å²) in [5.74, 6) is 0. The standard InChI is InChI=1S/C22H29N3O2/c26-21-11-14-25(15-12-21)22(27)23-13-16-24(17-19-7-3-1-4-8-19)18-20-9-5-2-6-10-20/h1-10,21,26H,11-18H2,(H,23,27). The highest BCUT2D eigenvalue weighted by Gasteiger charge is 2.21. The molecule has 0 aliphatic carbocycles. The summed E-state index contributed by atoms with van der Waals surface area (Å²) >= 11 is 0. The van der Waals surface area contributed by atoms with E-state index >= 15 is 0 Å². The van der Waals surface area contributed by atoms with Crippen LogP contribution in [0.25, 0.3) is 0 Å². The van der Waals surface area contributed by atoms with Crippen molar-refractivity contribution in [1.29, 1.82) is 0 Å². The van der Waals surface area contributed by atoms with Gasteiger partial charge in [0.1, 0.15) is 0 Å². The minimum Gasteiger partial charge on any atom is -0.393 e. The van der Waals surface area contributed by atoms with Crippen LogP contribution in [0, 0.1) is 0 Å². The Morgan fingerprint density at radius 3 is 2.00 bits per heavy atom. The van der Waals surface area contributed by atoms with Gasteiger partial charge in [-0.15, -0.1) is 0 Å². The van der Waals surface area contributed by atoms with Crippen LogP contribution in [0.4, 0.5) is 4.79 Å². The summed E-state index contributed by atoms with van der Waals surface area (Å²) in [5.41, 5.74) is 2.54. The van der Waals surface area contributed by atoms with Gasteiger partial charge in [-0.05, 0) is 24.0 Å². The fourth-order valence-corrected chi connectivity index (χ4v) is 3.40. The van der Waals surface area contributed by atoms with Crippen molar-refractivity contribution < 1.29 is 9.90 Å². The second kappa shape index (κ2) is 10.1. The molecule has 2 amide bonds. The molecule has 1 heterocycles. The maximum atomic E-state index is 12.3. The minimum absolute atomic E-state index is 0.0266.